The summed E-state index contributed by atoms with van der Waals surface area (Å²) in [4.78, 5) is 18.3. The third-order valence-electron chi connectivity index (χ3n) is 4.65. The van der Waals surface area contributed by atoms with Crippen LogP contribution in [0.4, 0.5) is 0 Å². The molecular formula is C19H29Cl2IN4O. The van der Waals surface area contributed by atoms with Gasteiger partial charge in [0, 0.05) is 48.6 Å². The van der Waals surface area contributed by atoms with E-state index in [1.54, 1.807) is 0 Å². The van der Waals surface area contributed by atoms with Gasteiger partial charge >= 0.3 is 0 Å². The molecule has 1 saturated heterocycles. The molecule has 5 nitrogen and oxygen atoms in total. The minimum atomic E-state index is -0.235. The maximum absolute atomic E-state index is 11.2. The van der Waals surface area contributed by atoms with Crippen LogP contribution in [0.5, 0.6) is 0 Å². The fourth-order valence-corrected chi connectivity index (χ4v) is 4.20. The lowest BCUT2D eigenvalue weighted by Gasteiger charge is -2.34. The lowest BCUT2D eigenvalue weighted by atomic mass is 9.95. The molecule has 1 aromatic rings. The molecule has 0 bridgehead atoms. The van der Waals surface area contributed by atoms with Crippen molar-refractivity contribution in [2.24, 2.45) is 16.6 Å². The smallest absolute Gasteiger partial charge is 0.217 e. The van der Waals surface area contributed by atoms with Gasteiger partial charge in [-0.1, -0.05) is 36.2 Å². The molecule has 1 aliphatic rings. The molecule has 152 valence electrons. The number of piperidine rings is 1. The number of nitrogens with one attached hydrogen (secondary N) is 1. The second kappa shape index (κ2) is 12.0. The number of halogens is 3. The first-order valence-electron chi connectivity index (χ1n) is 9.17. The Morgan fingerprint density at radius 3 is 2.67 bits per heavy atom. The summed E-state index contributed by atoms with van der Waals surface area (Å²) in [5.41, 5.74) is 6.30. The van der Waals surface area contributed by atoms with E-state index in [2.05, 4.69) is 24.1 Å². The van der Waals surface area contributed by atoms with Crippen molar-refractivity contribution in [3.8, 4) is 0 Å². The van der Waals surface area contributed by atoms with Gasteiger partial charge in [0.1, 0.15) is 0 Å². The van der Waals surface area contributed by atoms with Crippen LogP contribution in [0.1, 0.15) is 44.6 Å². The highest BCUT2D eigenvalue weighted by Crippen LogP contribution is 2.31. The first-order chi connectivity index (χ1) is 12.4. The molecule has 0 aromatic heterocycles. The van der Waals surface area contributed by atoms with Crippen molar-refractivity contribution in [2.45, 2.75) is 39.0 Å². The third kappa shape index (κ3) is 7.31. The molecule has 1 aromatic carbocycles. The molecule has 2 unspecified atom stereocenters. The van der Waals surface area contributed by atoms with Crippen LogP contribution in [0.3, 0.4) is 0 Å². The number of primary amides is 1. The zero-order chi connectivity index (χ0) is 19.1. The quantitative estimate of drug-likeness (QED) is 0.330. The number of nitrogens with two attached hydrogens (primary N) is 1. The summed E-state index contributed by atoms with van der Waals surface area (Å²) in [6.45, 7) is 7.24. The molecule has 3 N–H and O–H groups in total. The van der Waals surface area contributed by atoms with E-state index in [0.29, 0.717) is 28.9 Å². The summed E-state index contributed by atoms with van der Waals surface area (Å²) in [7, 11) is 0. The largest absolute Gasteiger partial charge is 0.370 e. The second-order valence-corrected chi connectivity index (χ2v) is 7.67. The Hall–Kier alpha value is -0.730. The van der Waals surface area contributed by atoms with Crippen LogP contribution in [-0.4, -0.2) is 42.9 Å². The zero-order valence-electron chi connectivity index (χ0n) is 15.9. The molecule has 2 rings (SSSR count). The number of carbonyl (C=O) groups excluding carboxylic acids is 1. The Morgan fingerprint density at radius 1 is 1.41 bits per heavy atom. The van der Waals surface area contributed by atoms with Crippen LogP contribution < -0.4 is 11.1 Å². The highest BCUT2D eigenvalue weighted by Gasteiger charge is 2.24. The van der Waals surface area contributed by atoms with Crippen LogP contribution in [0, 0.1) is 5.92 Å². The number of hydrogen-bond acceptors (Lipinski definition) is 2. The SMILES string of the molecule is CCNC(=NCC(C)c1c(Cl)cccc1Cl)N1CCCC(CC(N)=O)C1.I. The van der Waals surface area contributed by atoms with E-state index in [9.17, 15) is 4.79 Å². The van der Waals surface area contributed by atoms with Crippen LogP contribution in [-0.2, 0) is 4.79 Å². The molecule has 8 heteroatoms. The second-order valence-electron chi connectivity index (χ2n) is 6.86. The lowest BCUT2D eigenvalue weighted by molar-refractivity contribution is -0.119. The van der Waals surface area contributed by atoms with Crippen molar-refractivity contribution >= 4 is 59.0 Å². The molecule has 1 aliphatic heterocycles. The van der Waals surface area contributed by atoms with Crippen molar-refractivity contribution < 1.29 is 4.79 Å². The Labute approximate surface area is 189 Å². The number of carbonyl (C=O) groups is 1. The maximum Gasteiger partial charge on any atom is 0.217 e. The molecule has 1 amide bonds. The summed E-state index contributed by atoms with van der Waals surface area (Å²) in [5.74, 6) is 1.04. The fraction of sp³-hybridized carbons (Fsp3) is 0.579. The summed E-state index contributed by atoms with van der Waals surface area (Å²) in [5, 5.41) is 4.70. The van der Waals surface area contributed by atoms with Gasteiger partial charge in [0.05, 0.1) is 0 Å². The van der Waals surface area contributed by atoms with E-state index >= 15 is 0 Å². The molecule has 0 saturated carbocycles. The van der Waals surface area contributed by atoms with Crippen molar-refractivity contribution in [2.75, 3.05) is 26.2 Å². The fourth-order valence-electron chi connectivity index (χ4n) is 3.43. The highest BCUT2D eigenvalue weighted by molar-refractivity contribution is 14.0. The summed E-state index contributed by atoms with van der Waals surface area (Å²) >= 11 is 12.6. The van der Waals surface area contributed by atoms with Gasteiger partial charge in [-0.15, -0.1) is 24.0 Å². The van der Waals surface area contributed by atoms with E-state index in [-0.39, 0.29) is 35.8 Å². The molecule has 0 radical (unpaired) electrons. The van der Waals surface area contributed by atoms with Crippen molar-refractivity contribution in [3.05, 3.63) is 33.8 Å². The standard InChI is InChI=1S/C19H28Cl2N4O.HI/c1-3-23-19(25-9-5-6-14(12-25)10-17(22)26)24-11-13(2)18-15(20)7-4-8-16(18)21;/h4,7-8,13-14H,3,5-6,9-12H2,1-2H3,(H2,22,26)(H,23,24);1H. The number of benzene rings is 1. The average Bonchev–Trinajstić information content (AvgIpc) is 2.58. The van der Waals surface area contributed by atoms with Crippen molar-refractivity contribution in [1.29, 1.82) is 0 Å². The molecule has 1 heterocycles. The van der Waals surface area contributed by atoms with Crippen LogP contribution >= 0.6 is 47.2 Å². The van der Waals surface area contributed by atoms with Gasteiger partial charge < -0.3 is 16.0 Å². The van der Waals surface area contributed by atoms with Gasteiger partial charge in [0.15, 0.2) is 5.96 Å². The van der Waals surface area contributed by atoms with Crippen molar-refractivity contribution in [1.82, 2.24) is 10.2 Å². The van der Waals surface area contributed by atoms with Gasteiger partial charge in [-0.05, 0) is 43.4 Å². The summed E-state index contributed by atoms with van der Waals surface area (Å²) in [6.07, 6.45) is 2.50. The zero-order valence-corrected chi connectivity index (χ0v) is 19.7. The van der Waals surface area contributed by atoms with Crippen molar-refractivity contribution in [3.63, 3.8) is 0 Å². The predicted octanol–water partition coefficient (Wildman–Crippen LogP) is 4.27. The third-order valence-corrected chi connectivity index (χ3v) is 5.31. The number of likely N-dealkylation sites (tertiary alicyclic amines) is 1. The highest BCUT2D eigenvalue weighted by atomic mass is 127. The number of aliphatic imine (C=N–C) groups is 1. The molecular weight excluding hydrogens is 498 g/mol. The molecule has 1 fully saturated rings. The van der Waals surface area contributed by atoms with E-state index in [1.165, 1.54) is 0 Å². The van der Waals surface area contributed by atoms with E-state index < -0.39 is 0 Å². The number of rotatable bonds is 6. The molecule has 27 heavy (non-hydrogen) atoms. The van der Waals surface area contributed by atoms with E-state index in [4.69, 9.17) is 33.9 Å². The number of amides is 1. The van der Waals surface area contributed by atoms with Gasteiger partial charge in [-0.3, -0.25) is 9.79 Å². The molecule has 0 aliphatic carbocycles. The monoisotopic (exact) mass is 526 g/mol. The maximum atomic E-state index is 11.2. The first-order valence-corrected chi connectivity index (χ1v) is 9.93. The van der Waals surface area contributed by atoms with E-state index in [1.807, 2.05) is 18.2 Å². The minimum Gasteiger partial charge on any atom is -0.370 e. The number of hydrogen-bond donors (Lipinski definition) is 2. The topological polar surface area (TPSA) is 70.7 Å². The first kappa shape index (κ1) is 24.3. The Bertz CT molecular complexity index is 636. The number of guanidine groups is 1. The van der Waals surface area contributed by atoms with Gasteiger partial charge in [-0.25, -0.2) is 0 Å². The summed E-state index contributed by atoms with van der Waals surface area (Å²) in [6, 6.07) is 5.56. The average molecular weight is 527 g/mol. The van der Waals surface area contributed by atoms with Crippen LogP contribution in [0.25, 0.3) is 0 Å². The number of nitrogens with zero attached hydrogens (tertiary/aromatic N) is 2. The predicted molar refractivity (Wildman–Crippen MR) is 124 cm³/mol. The van der Waals surface area contributed by atoms with E-state index in [0.717, 1.165) is 44.0 Å². The van der Waals surface area contributed by atoms with Crippen LogP contribution in [0.15, 0.2) is 23.2 Å². The van der Waals surface area contributed by atoms with Gasteiger partial charge in [0.25, 0.3) is 0 Å². The molecule has 2 atom stereocenters. The Morgan fingerprint density at radius 2 is 2.07 bits per heavy atom. The molecule has 0 spiro atoms. The van der Waals surface area contributed by atoms with Gasteiger partial charge in [0.2, 0.25) is 5.91 Å². The summed E-state index contributed by atoms with van der Waals surface area (Å²) < 4.78 is 0. The normalized spacial score (nSPS) is 18.6. The van der Waals surface area contributed by atoms with Crippen LogP contribution in [0.2, 0.25) is 10.0 Å². The lowest BCUT2D eigenvalue weighted by Crippen LogP contribution is -2.47. The minimum absolute atomic E-state index is 0. The Kier molecular flexibility index (Phi) is 10.8. The Balaban J connectivity index is 0.00000364. The van der Waals surface area contributed by atoms with Gasteiger partial charge in [-0.2, -0.15) is 0 Å².